The fourth-order valence-electron chi connectivity index (χ4n) is 3.17. The first-order valence-corrected chi connectivity index (χ1v) is 8.22. The van der Waals surface area contributed by atoms with Crippen molar-refractivity contribution in [1.29, 1.82) is 0 Å². The average Bonchev–Trinajstić information content (AvgIpc) is 3.04. The van der Waals surface area contributed by atoms with Crippen molar-refractivity contribution >= 4 is 5.91 Å². The lowest BCUT2D eigenvalue weighted by molar-refractivity contribution is -0.134. The molecule has 0 unspecified atom stereocenters. The van der Waals surface area contributed by atoms with Crippen LogP contribution in [0.1, 0.15) is 50.2 Å². The number of benzene rings is 1. The summed E-state index contributed by atoms with van der Waals surface area (Å²) >= 11 is 0. The van der Waals surface area contributed by atoms with E-state index < -0.39 is 0 Å². The molecule has 1 N–H and O–H groups in total. The van der Waals surface area contributed by atoms with E-state index in [-0.39, 0.29) is 12.5 Å². The second kappa shape index (κ2) is 8.18. The van der Waals surface area contributed by atoms with Crippen LogP contribution in [-0.4, -0.2) is 35.1 Å². The van der Waals surface area contributed by atoms with Crippen LogP contribution < -0.4 is 0 Å². The van der Waals surface area contributed by atoms with Crippen molar-refractivity contribution in [1.82, 2.24) is 4.90 Å². The Bertz CT molecular complexity index is 435. The van der Waals surface area contributed by atoms with Crippen LogP contribution in [0.5, 0.6) is 0 Å². The van der Waals surface area contributed by atoms with Gasteiger partial charge in [0.1, 0.15) is 0 Å². The minimum absolute atomic E-state index is 0.0629. The summed E-state index contributed by atoms with van der Waals surface area (Å²) in [4.78, 5) is 14.3. The van der Waals surface area contributed by atoms with Crippen molar-refractivity contribution in [2.24, 2.45) is 0 Å². The lowest BCUT2D eigenvalue weighted by Crippen LogP contribution is -2.40. The standard InChI is InChI=1S/C18H27NO2/c1-2-15-7-9-16(10-8-15)11-12-18(21)19(13-14-20)17-5-3-4-6-17/h7-10,17,20H,2-6,11-14H2,1H3. The maximum atomic E-state index is 12.4. The summed E-state index contributed by atoms with van der Waals surface area (Å²) in [6.07, 6.45) is 6.98. The van der Waals surface area contributed by atoms with E-state index in [1.807, 2.05) is 4.90 Å². The molecule has 1 saturated carbocycles. The number of carbonyl (C=O) groups excluding carboxylic acids is 1. The van der Waals surface area contributed by atoms with Gasteiger partial charge in [0.25, 0.3) is 0 Å². The Hall–Kier alpha value is -1.35. The largest absolute Gasteiger partial charge is 0.395 e. The lowest BCUT2D eigenvalue weighted by atomic mass is 10.1. The summed E-state index contributed by atoms with van der Waals surface area (Å²) in [7, 11) is 0. The fraction of sp³-hybridized carbons (Fsp3) is 0.611. The zero-order chi connectivity index (χ0) is 15.1. The SMILES string of the molecule is CCc1ccc(CCC(=O)N(CCO)C2CCCC2)cc1. The summed E-state index contributed by atoms with van der Waals surface area (Å²) in [5.74, 6) is 0.190. The lowest BCUT2D eigenvalue weighted by Gasteiger charge is -2.28. The van der Waals surface area contributed by atoms with Crippen molar-refractivity contribution in [2.75, 3.05) is 13.2 Å². The normalized spacial score (nSPS) is 15.3. The number of hydrogen-bond donors (Lipinski definition) is 1. The molecule has 0 aliphatic heterocycles. The molecule has 1 aliphatic rings. The van der Waals surface area contributed by atoms with Crippen molar-refractivity contribution in [2.45, 2.75) is 57.9 Å². The van der Waals surface area contributed by atoms with Crippen LogP contribution >= 0.6 is 0 Å². The molecule has 0 bridgehead atoms. The third-order valence-electron chi connectivity index (χ3n) is 4.49. The molecule has 0 heterocycles. The zero-order valence-electron chi connectivity index (χ0n) is 13.1. The molecule has 116 valence electrons. The summed E-state index contributed by atoms with van der Waals surface area (Å²) in [5, 5.41) is 9.19. The van der Waals surface area contributed by atoms with Crippen molar-refractivity contribution in [3.05, 3.63) is 35.4 Å². The van der Waals surface area contributed by atoms with Crippen LogP contribution in [0, 0.1) is 0 Å². The number of carbonyl (C=O) groups is 1. The zero-order valence-corrected chi connectivity index (χ0v) is 13.1. The van der Waals surface area contributed by atoms with Crippen molar-refractivity contribution in [3.8, 4) is 0 Å². The van der Waals surface area contributed by atoms with Gasteiger partial charge in [-0.05, 0) is 36.8 Å². The molecule has 1 aromatic carbocycles. The Labute approximate surface area is 128 Å². The molecule has 3 heteroatoms. The van der Waals surface area contributed by atoms with Crippen LogP contribution in [0.4, 0.5) is 0 Å². The number of aliphatic hydroxyl groups is 1. The van der Waals surface area contributed by atoms with Crippen LogP contribution in [0.25, 0.3) is 0 Å². The molecule has 1 aromatic rings. The summed E-state index contributed by atoms with van der Waals surface area (Å²) < 4.78 is 0. The Morgan fingerprint density at radius 2 is 1.81 bits per heavy atom. The number of amides is 1. The second-order valence-electron chi connectivity index (χ2n) is 5.92. The van der Waals surface area contributed by atoms with Gasteiger partial charge in [-0.1, -0.05) is 44.0 Å². The molecule has 1 fully saturated rings. The highest BCUT2D eigenvalue weighted by Gasteiger charge is 2.25. The smallest absolute Gasteiger partial charge is 0.223 e. The number of hydrogen-bond acceptors (Lipinski definition) is 2. The number of aliphatic hydroxyl groups excluding tert-OH is 1. The predicted molar refractivity (Wildman–Crippen MR) is 85.2 cm³/mol. The van der Waals surface area contributed by atoms with Crippen molar-refractivity contribution < 1.29 is 9.90 Å². The van der Waals surface area contributed by atoms with E-state index in [1.165, 1.54) is 24.0 Å². The average molecular weight is 289 g/mol. The van der Waals surface area contributed by atoms with Crippen LogP contribution in [0.3, 0.4) is 0 Å². The van der Waals surface area contributed by atoms with Crippen LogP contribution in [0.2, 0.25) is 0 Å². The number of aryl methyl sites for hydroxylation is 2. The van der Waals surface area contributed by atoms with Gasteiger partial charge in [-0.15, -0.1) is 0 Å². The fourth-order valence-corrected chi connectivity index (χ4v) is 3.17. The number of rotatable bonds is 7. The van der Waals surface area contributed by atoms with Gasteiger partial charge in [-0.25, -0.2) is 0 Å². The van der Waals surface area contributed by atoms with E-state index in [4.69, 9.17) is 0 Å². The molecule has 0 atom stereocenters. The summed E-state index contributed by atoms with van der Waals surface area (Å²) in [6, 6.07) is 8.88. The molecule has 0 spiro atoms. The highest BCUT2D eigenvalue weighted by molar-refractivity contribution is 5.76. The Morgan fingerprint density at radius 1 is 1.19 bits per heavy atom. The second-order valence-corrected chi connectivity index (χ2v) is 5.92. The third-order valence-corrected chi connectivity index (χ3v) is 4.49. The molecule has 3 nitrogen and oxygen atoms in total. The van der Waals surface area contributed by atoms with E-state index in [0.29, 0.717) is 19.0 Å². The monoisotopic (exact) mass is 289 g/mol. The predicted octanol–water partition coefficient (Wildman–Crippen LogP) is 2.95. The van der Waals surface area contributed by atoms with E-state index in [2.05, 4.69) is 31.2 Å². The molecular weight excluding hydrogens is 262 g/mol. The third kappa shape index (κ3) is 4.57. The summed E-state index contributed by atoms with van der Waals surface area (Å²) in [5.41, 5.74) is 2.55. The van der Waals surface area contributed by atoms with Gasteiger partial charge in [-0.2, -0.15) is 0 Å². The molecule has 1 amide bonds. The Balaban J connectivity index is 1.88. The summed E-state index contributed by atoms with van der Waals surface area (Å²) in [6.45, 7) is 2.69. The molecular formula is C18H27NO2. The van der Waals surface area contributed by atoms with E-state index in [1.54, 1.807) is 0 Å². The molecule has 0 aromatic heterocycles. The minimum Gasteiger partial charge on any atom is -0.395 e. The maximum absolute atomic E-state index is 12.4. The minimum atomic E-state index is 0.0629. The van der Waals surface area contributed by atoms with Gasteiger partial charge in [0, 0.05) is 19.0 Å². The first kappa shape index (κ1) is 16.0. The first-order chi connectivity index (χ1) is 10.2. The van der Waals surface area contributed by atoms with Gasteiger partial charge in [0.2, 0.25) is 5.91 Å². The topological polar surface area (TPSA) is 40.5 Å². The van der Waals surface area contributed by atoms with E-state index in [0.717, 1.165) is 25.7 Å². The van der Waals surface area contributed by atoms with Gasteiger partial charge in [0.15, 0.2) is 0 Å². The van der Waals surface area contributed by atoms with Gasteiger partial charge >= 0.3 is 0 Å². The molecule has 1 aliphatic carbocycles. The maximum Gasteiger partial charge on any atom is 0.223 e. The molecule has 0 radical (unpaired) electrons. The first-order valence-electron chi connectivity index (χ1n) is 8.22. The van der Waals surface area contributed by atoms with Gasteiger partial charge in [-0.3, -0.25) is 4.79 Å². The highest BCUT2D eigenvalue weighted by Crippen LogP contribution is 2.24. The quantitative estimate of drug-likeness (QED) is 0.838. The highest BCUT2D eigenvalue weighted by atomic mass is 16.3. The van der Waals surface area contributed by atoms with Crippen LogP contribution in [0.15, 0.2) is 24.3 Å². The molecule has 2 rings (SSSR count). The van der Waals surface area contributed by atoms with E-state index in [9.17, 15) is 9.90 Å². The van der Waals surface area contributed by atoms with E-state index >= 15 is 0 Å². The van der Waals surface area contributed by atoms with Gasteiger partial charge < -0.3 is 10.0 Å². The number of nitrogens with zero attached hydrogens (tertiary/aromatic N) is 1. The van der Waals surface area contributed by atoms with Gasteiger partial charge in [0.05, 0.1) is 6.61 Å². The Morgan fingerprint density at radius 3 is 2.38 bits per heavy atom. The molecule has 21 heavy (non-hydrogen) atoms. The van der Waals surface area contributed by atoms with Crippen LogP contribution in [-0.2, 0) is 17.6 Å². The van der Waals surface area contributed by atoms with Crippen molar-refractivity contribution in [3.63, 3.8) is 0 Å². The molecule has 0 saturated heterocycles. The Kier molecular flexibility index (Phi) is 6.24.